The number of carbonyl (C=O) groups excluding carboxylic acids is 1. The van der Waals surface area contributed by atoms with Crippen LogP contribution in [0.1, 0.15) is 13.8 Å². The second-order valence-electron chi connectivity index (χ2n) is 5.59. The minimum absolute atomic E-state index is 0.0506. The van der Waals surface area contributed by atoms with Crippen molar-refractivity contribution in [3.05, 3.63) is 24.3 Å². The Labute approximate surface area is 125 Å². The normalized spacial score (nSPS) is 11.2. The maximum Gasteiger partial charge on any atom is 0.232 e. The highest BCUT2D eigenvalue weighted by atomic mass is 32.2. The van der Waals surface area contributed by atoms with Gasteiger partial charge in [-0.1, -0.05) is 19.9 Å². The lowest BCUT2D eigenvalue weighted by atomic mass is 9.93. The molecule has 0 spiro atoms. The van der Waals surface area contributed by atoms with E-state index in [1.165, 1.54) is 11.8 Å². The summed E-state index contributed by atoms with van der Waals surface area (Å²) in [6.07, 6.45) is 0. The molecule has 2 N–H and O–H groups in total. The minimum Gasteiger partial charge on any atom is -0.497 e. The lowest BCUT2D eigenvalue weighted by Gasteiger charge is -2.29. The molecular formula is C15H24N2O2S. The van der Waals surface area contributed by atoms with Gasteiger partial charge in [0.1, 0.15) is 5.75 Å². The first-order valence-electron chi connectivity index (χ1n) is 6.59. The third-order valence-corrected chi connectivity index (χ3v) is 4.03. The van der Waals surface area contributed by atoms with E-state index in [1.54, 1.807) is 12.0 Å². The van der Waals surface area contributed by atoms with Crippen LogP contribution in [0.2, 0.25) is 0 Å². The Bertz CT molecular complexity index is 449. The standard InChI is InChI=1S/C15H24N2O2S/c1-15(2,10-16)11-17(3)14(18)9-20-13-7-5-6-12(8-13)19-4/h5-8H,9-11,16H2,1-4H3. The molecule has 0 bridgehead atoms. The van der Waals surface area contributed by atoms with E-state index >= 15 is 0 Å². The van der Waals surface area contributed by atoms with Crippen LogP contribution in [0.25, 0.3) is 0 Å². The summed E-state index contributed by atoms with van der Waals surface area (Å²) >= 11 is 1.52. The number of nitrogens with zero attached hydrogens (tertiary/aromatic N) is 1. The summed E-state index contributed by atoms with van der Waals surface area (Å²) in [5.74, 6) is 1.34. The molecular weight excluding hydrogens is 272 g/mol. The summed E-state index contributed by atoms with van der Waals surface area (Å²) in [6, 6.07) is 7.72. The van der Waals surface area contributed by atoms with E-state index in [0.29, 0.717) is 18.8 Å². The molecule has 4 nitrogen and oxygen atoms in total. The van der Waals surface area contributed by atoms with Crippen molar-refractivity contribution in [2.45, 2.75) is 18.7 Å². The monoisotopic (exact) mass is 296 g/mol. The fraction of sp³-hybridized carbons (Fsp3) is 0.533. The molecule has 0 saturated carbocycles. The Hall–Kier alpha value is -1.20. The molecule has 0 aliphatic carbocycles. The van der Waals surface area contributed by atoms with E-state index in [-0.39, 0.29) is 11.3 Å². The molecule has 0 heterocycles. The van der Waals surface area contributed by atoms with Crippen LogP contribution in [0.15, 0.2) is 29.2 Å². The van der Waals surface area contributed by atoms with Gasteiger partial charge >= 0.3 is 0 Å². The van der Waals surface area contributed by atoms with E-state index in [0.717, 1.165) is 10.6 Å². The highest BCUT2D eigenvalue weighted by molar-refractivity contribution is 8.00. The Kier molecular flexibility index (Phi) is 6.36. The first-order valence-corrected chi connectivity index (χ1v) is 7.57. The van der Waals surface area contributed by atoms with Gasteiger partial charge in [0.05, 0.1) is 12.9 Å². The molecule has 0 fully saturated rings. The van der Waals surface area contributed by atoms with Crippen molar-refractivity contribution in [3.8, 4) is 5.75 Å². The summed E-state index contributed by atoms with van der Waals surface area (Å²) in [4.78, 5) is 14.9. The quantitative estimate of drug-likeness (QED) is 0.784. The van der Waals surface area contributed by atoms with Gasteiger partial charge in [-0.2, -0.15) is 0 Å². The molecule has 0 saturated heterocycles. The van der Waals surface area contributed by atoms with Gasteiger partial charge < -0.3 is 15.4 Å². The number of rotatable bonds is 7. The third kappa shape index (κ3) is 5.43. The number of methoxy groups -OCH3 is 1. The second kappa shape index (κ2) is 7.55. The number of hydrogen-bond donors (Lipinski definition) is 1. The number of nitrogens with two attached hydrogens (primary N) is 1. The number of ether oxygens (including phenoxy) is 1. The average Bonchev–Trinajstić information content (AvgIpc) is 2.44. The number of thioether (sulfide) groups is 1. The molecule has 0 radical (unpaired) electrons. The van der Waals surface area contributed by atoms with E-state index in [4.69, 9.17) is 10.5 Å². The lowest BCUT2D eigenvalue weighted by Crippen LogP contribution is -2.40. The summed E-state index contributed by atoms with van der Waals surface area (Å²) < 4.78 is 5.17. The van der Waals surface area contributed by atoms with Crippen LogP contribution in [0.5, 0.6) is 5.75 Å². The van der Waals surface area contributed by atoms with Gasteiger partial charge in [-0.3, -0.25) is 4.79 Å². The molecule has 0 aromatic heterocycles. The van der Waals surface area contributed by atoms with Gasteiger partial charge in [-0.15, -0.1) is 11.8 Å². The van der Waals surface area contributed by atoms with Gasteiger partial charge in [0.25, 0.3) is 0 Å². The van der Waals surface area contributed by atoms with Gasteiger partial charge in [0.2, 0.25) is 5.91 Å². The predicted octanol–water partition coefficient (Wildman–Crippen LogP) is 2.23. The fourth-order valence-electron chi connectivity index (χ4n) is 1.74. The highest BCUT2D eigenvalue weighted by Gasteiger charge is 2.21. The summed E-state index contributed by atoms with van der Waals surface area (Å²) in [6.45, 7) is 5.35. The lowest BCUT2D eigenvalue weighted by molar-refractivity contribution is -0.128. The third-order valence-electron chi connectivity index (χ3n) is 3.05. The molecule has 5 heteroatoms. The van der Waals surface area contributed by atoms with Crippen LogP contribution in [0.3, 0.4) is 0 Å². The fourth-order valence-corrected chi connectivity index (χ4v) is 2.63. The zero-order chi connectivity index (χ0) is 15.2. The van der Waals surface area contributed by atoms with E-state index in [9.17, 15) is 4.79 Å². The van der Waals surface area contributed by atoms with Crippen molar-refractivity contribution in [2.75, 3.05) is 33.0 Å². The van der Waals surface area contributed by atoms with Crippen molar-refractivity contribution in [1.82, 2.24) is 4.90 Å². The van der Waals surface area contributed by atoms with Crippen molar-refractivity contribution < 1.29 is 9.53 Å². The number of benzene rings is 1. The maximum atomic E-state index is 12.1. The Morgan fingerprint density at radius 2 is 2.15 bits per heavy atom. The molecule has 0 atom stereocenters. The van der Waals surface area contributed by atoms with Crippen LogP contribution < -0.4 is 10.5 Å². The molecule has 0 unspecified atom stereocenters. The van der Waals surface area contributed by atoms with Crippen LogP contribution in [0, 0.1) is 5.41 Å². The first-order chi connectivity index (χ1) is 9.38. The van der Waals surface area contributed by atoms with Crippen molar-refractivity contribution in [1.29, 1.82) is 0 Å². The van der Waals surface area contributed by atoms with Crippen LogP contribution in [0.4, 0.5) is 0 Å². The minimum atomic E-state index is -0.0506. The Morgan fingerprint density at radius 3 is 2.75 bits per heavy atom. The van der Waals surface area contributed by atoms with Crippen molar-refractivity contribution >= 4 is 17.7 Å². The Morgan fingerprint density at radius 1 is 1.45 bits per heavy atom. The van der Waals surface area contributed by atoms with Crippen LogP contribution >= 0.6 is 11.8 Å². The molecule has 0 aliphatic rings. The van der Waals surface area contributed by atoms with Gasteiger partial charge in [0, 0.05) is 18.5 Å². The SMILES string of the molecule is COc1cccc(SCC(=O)N(C)CC(C)(C)CN)c1. The number of hydrogen-bond acceptors (Lipinski definition) is 4. The van der Waals surface area contributed by atoms with Crippen LogP contribution in [-0.4, -0.2) is 43.8 Å². The number of carbonyl (C=O) groups is 1. The predicted molar refractivity (Wildman–Crippen MR) is 84.2 cm³/mol. The molecule has 1 rings (SSSR count). The molecule has 1 aromatic carbocycles. The van der Waals surface area contributed by atoms with Crippen LogP contribution in [-0.2, 0) is 4.79 Å². The summed E-state index contributed by atoms with van der Waals surface area (Å²) in [7, 11) is 3.46. The highest BCUT2D eigenvalue weighted by Crippen LogP contribution is 2.23. The van der Waals surface area contributed by atoms with E-state index in [1.807, 2.05) is 31.3 Å². The largest absolute Gasteiger partial charge is 0.497 e. The zero-order valence-corrected chi connectivity index (χ0v) is 13.5. The molecule has 1 amide bonds. The summed E-state index contributed by atoms with van der Waals surface area (Å²) in [5.41, 5.74) is 5.64. The maximum absolute atomic E-state index is 12.1. The molecule has 112 valence electrons. The van der Waals surface area contributed by atoms with Gasteiger partial charge in [-0.05, 0) is 30.2 Å². The molecule has 1 aromatic rings. The number of amides is 1. The van der Waals surface area contributed by atoms with Crippen molar-refractivity contribution in [3.63, 3.8) is 0 Å². The Balaban J connectivity index is 2.50. The molecule has 0 aliphatic heterocycles. The van der Waals surface area contributed by atoms with E-state index in [2.05, 4.69) is 13.8 Å². The zero-order valence-electron chi connectivity index (χ0n) is 12.7. The van der Waals surface area contributed by atoms with Gasteiger partial charge in [-0.25, -0.2) is 0 Å². The smallest absolute Gasteiger partial charge is 0.232 e. The average molecular weight is 296 g/mol. The summed E-state index contributed by atoms with van der Waals surface area (Å²) in [5, 5.41) is 0. The van der Waals surface area contributed by atoms with Crippen molar-refractivity contribution in [2.24, 2.45) is 11.1 Å². The van der Waals surface area contributed by atoms with E-state index < -0.39 is 0 Å². The first kappa shape index (κ1) is 16.9. The topological polar surface area (TPSA) is 55.6 Å². The van der Waals surface area contributed by atoms with Gasteiger partial charge in [0.15, 0.2) is 0 Å². The molecule has 20 heavy (non-hydrogen) atoms. The second-order valence-corrected chi connectivity index (χ2v) is 6.63.